The van der Waals surface area contributed by atoms with Gasteiger partial charge in [-0.3, -0.25) is 4.79 Å². The van der Waals surface area contributed by atoms with Gasteiger partial charge in [0.25, 0.3) is 5.91 Å². The second-order valence-electron chi connectivity index (χ2n) is 4.68. The molecule has 0 spiro atoms. The summed E-state index contributed by atoms with van der Waals surface area (Å²) in [6, 6.07) is 4.59. The van der Waals surface area contributed by atoms with Crippen molar-refractivity contribution in [3.63, 3.8) is 0 Å². The third kappa shape index (κ3) is 2.88. The van der Waals surface area contributed by atoms with Gasteiger partial charge in [-0.05, 0) is 50.5 Å². The number of benzene rings is 1. The van der Waals surface area contributed by atoms with E-state index >= 15 is 0 Å². The molecule has 0 bridgehead atoms. The van der Waals surface area contributed by atoms with Crippen molar-refractivity contribution >= 4 is 5.91 Å². The van der Waals surface area contributed by atoms with E-state index in [0.717, 1.165) is 12.8 Å². The Morgan fingerprint density at radius 2 is 2.22 bits per heavy atom. The van der Waals surface area contributed by atoms with Gasteiger partial charge in [-0.2, -0.15) is 0 Å². The van der Waals surface area contributed by atoms with Crippen molar-refractivity contribution in [1.82, 2.24) is 5.32 Å². The van der Waals surface area contributed by atoms with Crippen LogP contribution in [0.5, 0.6) is 0 Å². The molecule has 98 valence electrons. The van der Waals surface area contributed by atoms with Gasteiger partial charge in [0, 0.05) is 18.2 Å². The van der Waals surface area contributed by atoms with E-state index in [9.17, 15) is 9.18 Å². The van der Waals surface area contributed by atoms with Crippen molar-refractivity contribution in [3.8, 4) is 0 Å². The average molecular weight is 251 g/mol. The number of aryl methyl sites for hydroxylation is 1. The molecule has 1 aliphatic rings. The average Bonchev–Trinajstić information content (AvgIpc) is 2.30. The first-order valence-corrected chi connectivity index (χ1v) is 6.28. The summed E-state index contributed by atoms with van der Waals surface area (Å²) in [6.45, 7) is 4.33. The van der Waals surface area contributed by atoms with E-state index in [1.807, 2.05) is 6.92 Å². The molecule has 0 aromatic heterocycles. The third-order valence-electron chi connectivity index (χ3n) is 3.25. The first-order valence-electron chi connectivity index (χ1n) is 6.28. The van der Waals surface area contributed by atoms with Crippen LogP contribution in [0, 0.1) is 12.7 Å². The minimum atomic E-state index is -0.286. The molecule has 0 aliphatic heterocycles. The van der Waals surface area contributed by atoms with Gasteiger partial charge in [0.2, 0.25) is 0 Å². The predicted molar refractivity (Wildman–Crippen MR) is 67.0 cm³/mol. The first-order chi connectivity index (χ1) is 8.60. The molecule has 0 unspecified atom stereocenters. The molecule has 1 saturated carbocycles. The zero-order chi connectivity index (χ0) is 13.1. The van der Waals surface area contributed by atoms with Crippen LogP contribution in [0.4, 0.5) is 4.39 Å². The molecule has 0 saturated heterocycles. The quantitative estimate of drug-likeness (QED) is 0.892. The first kappa shape index (κ1) is 13.0. The predicted octanol–water partition coefficient (Wildman–Crippen LogP) is 2.43. The minimum Gasteiger partial charge on any atom is -0.378 e. The van der Waals surface area contributed by atoms with Gasteiger partial charge in [-0.1, -0.05) is 0 Å². The highest BCUT2D eigenvalue weighted by atomic mass is 19.1. The summed E-state index contributed by atoms with van der Waals surface area (Å²) >= 11 is 0. The second-order valence-corrected chi connectivity index (χ2v) is 4.68. The van der Waals surface area contributed by atoms with Crippen molar-refractivity contribution < 1.29 is 13.9 Å². The van der Waals surface area contributed by atoms with Crippen molar-refractivity contribution in [2.45, 2.75) is 38.8 Å². The molecule has 1 amide bonds. The summed E-state index contributed by atoms with van der Waals surface area (Å²) in [6.07, 6.45) is 2.00. The van der Waals surface area contributed by atoms with Gasteiger partial charge in [0.05, 0.1) is 6.10 Å². The molecule has 1 N–H and O–H groups in total. The Labute approximate surface area is 106 Å². The lowest BCUT2D eigenvalue weighted by Crippen LogP contribution is -2.47. The number of hydrogen-bond donors (Lipinski definition) is 1. The Balaban J connectivity index is 1.87. The molecule has 1 aliphatic carbocycles. The van der Waals surface area contributed by atoms with Crippen molar-refractivity contribution in [2.24, 2.45) is 0 Å². The fourth-order valence-electron chi connectivity index (χ4n) is 2.11. The number of carbonyl (C=O) groups excluding carboxylic acids is 1. The van der Waals surface area contributed by atoms with Gasteiger partial charge in [0.15, 0.2) is 0 Å². The molecule has 0 atom stereocenters. The van der Waals surface area contributed by atoms with Crippen LogP contribution in [0.1, 0.15) is 35.7 Å². The summed E-state index contributed by atoms with van der Waals surface area (Å²) in [5.41, 5.74) is 0.997. The lowest BCUT2D eigenvalue weighted by molar-refractivity contribution is -0.00862. The van der Waals surface area contributed by atoms with E-state index in [1.54, 1.807) is 13.0 Å². The molecule has 0 heterocycles. The Morgan fingerprint density at radius 1 is 1.50 bits per heavy atom. The third-order valence-corrected chi connectivity index (χ3v) is 3.25. The highest BCUT2D eigenvalue weighted by Gasteiger charge is 2.30. The number of carbonyl (C=O) groups is 1. The normalized spacial score (nSPS) is 22.4. The van der Waals surface area contributed by atoms with Crippen LogP contribution in [0.2, 0.25) is 0 Å². The number of halogens is 1. The van der Waals surface area contributed by atoms with Gasteiger partial charge < -0.3 is 10.1 Å². The second kappa shape index (κ2) is 5.48. The van der Waals surface area contributed by atoms with Crippen LogP contribution in [-0.4, -0.2) is 24.7 Å². The summed E-state index contributed by atoms with van der Waals surface area (Å²) in [5, 5.41) is 2.93. The van der Waals surface area contributed by atoms with Crippen LogP contribution in [0.15, 0.2) is 18.2 Å². The SMILES string of the molecule is CCOC1CC(NC(=O)c2ccc(F)c(C)c2)C1. The number of nitrogens with one attached hydrogen (secondary N) is 1. The molecule has 2 rings (SSSR count). The van der Waals surface area contributed by atoms with E-state index in [0.29, 0.717) is 17.7 Å². The minimum absolute atomic E-state index is 0.141. The Morgan fingerprint density at radius 3 is 2.83 bits per heavy atom. The van der Waals surface area contributed by atoms with Crippen LogP contribution in [-0.2, 0) is 4.74 Å². The maximum absolute atomic E-state index is 13.1. The van der Waals surface area contributed by atoms with E-state index in [4.69, 9.17) is 4.74 Å². The Kier molecular flexibility index (Phi) is 3.97. The van der Waals surface area contributed by atoms with Crippen molar-refractivity contribution in [1.29, 1.82) is 0 Å². The largest absolute Gasteiger partial charge is 0.378 e. The van der Waals surface area contributed by atoms with Crippen molar-refractivity contribution in [2.75, 3.05) is 6.61 Å². The zero-order valence-corrected chi connectivity index (χ0v) is 10.7. The zero-order valence-electron chi connectivity index (χ0n) is 10.7. The van der Waals surface area contributed by atoms with Gasteiger partial charge in [-0.15, -0.1) is 0 Å². The molecule has 18 heavy (non-hydrogen) atoms. The maximum atomic E-state index is 13.1. The summed E-state index contributed by atoms with van der Waals surface area (Å²) in [4.78, 5) is 11.9. The van der Waals surface area contributed by atoms with E-state index in [-0.39, 0.29) is 23.9 Å². The number of ether oxygens (including phenoxy) is 1. The maximum Gasteiger partial charge on any atom is 0.251 e. The van der Waals surface area contributed by atoms with E-state index < -0.39 is 0 Å². The van der Waals surface area contributed by atoms with Crippen LogP contribution in [0.3, 0.4) is 0 Å². The highest BCUT2D eigenvalue weighted by Crippen LogP contribution is 2.23. The van der Waals surface area contributed by atoms with Crippen LogP contribution < -0.4 is 5.32 Å². The molecule has 4 heteroatoms. The van der Waals surface area contributed by atoms with Crippen LogP contribution >= 0.6 is 0 Å². The van der Waals surface area contributed by atoms with E-state index in [1.165, 1.54) is 12.1 Å². The van der Waals surface area contributed by atoms with E-state index in [2.05, 4.69) is 5.32 Å². The molecule has 1 fully saturated rings. The number of amides is 1. The molecule has 3 nitrogen and oxygen atoms in total. The number of hydrogen-bond acceptors (Lipinski definition) is 2. The summed E-state index contributed by atoms with van der Waals surface area (Å²) < 4.78 is 18.5. The molecule has 1 aromatic carbocycles. The molecule has 0 radical (unpaired) electrons. The van der Waals surface area contributed by atoms with Gasteiger partial charge in [0.1, 0.15) is 5.82 Å². The Bertz CT molecular complexity index is 441. The molecular formula is C14H18FNO2. The van der Waals surface area contributed by atoms with Gasteiger partial charge in [-0.25, -0.2) is 4.39 Å². The monoisotopic (exact) mass is 251 g/mol. The smallest absolute Gasteiger partial charge is 0.251 e. The van der Waals surface area contributed by atoms with Crippen LogP contribution in [0.25, 0.3) is 0 Å². The topological polar surface area (TPSA) is 38.3 Å². The summed E-state index contributed by atoms with van der Waals surface area (Å²) in [5.74, 6) is -0.426. The standard InChI is InChI=1S/C14H18FNO2/c1-3-18-12-7-11(8-12)16-14(17)10-4-5-13(15)9(2)6-10/h4-6,11-12H,3,7-8H2,1-2H3,(H,16,17). The van der Waals surface area contributed by atoms with Gasteiger partial charge >= 0.3 is 0 Å². The Hall–Kier alpha value is -1.42. The number of rotatable bonds is 4. The fraction of sp³-hybridized carbons (Fsp3) is 0.500. The molecule has 1 aromatic rings. The lowest BCUT2D eigenvalue weighted by atomic mass is 9.89. The lowest BCUT2D eigenvalue weighted by Gasteiger charge is -2.35. The highest BCUT2D eigenvalue weighted by molar-refractivity contribution is 5.94. The summed E-state index contributed by atoms with van der Waals surface area (Å²) in [7, 11) is 0. The fourth-order valence-corrected chi connectivity index (χ4v) is 2.11. The van der Waals surface area contributed by atoms with Crippen molar-refractivity contribution in [3.05, 3.63) is 35.1 Å². The molecular weight excluding hydrogens is 233 g/mol.